The van der Waals surface area contributed by atoms with Gasteiger partial charge in [-0.3, -0.25) is 14.4 Å². The predicted octanol–water partition coefficient (Wildman–Crippen LogP) is 0.657. The van der Waals surface area contributed by atoms with Crippen molar-refractivity contribution < 1.29 is 28.6 Å². The van der Waals surface area contributed by atoms with E-state index in [0.717, 1.165) is 0 Å². The number of hydrogen-bond donors (Lipinski definition) is 3. The van der Waals surface area contributed by atoms with Crippen LogP contribution in [0.25, 0.3) is 0 Å². The topological polar surface area (TPSA) is 141 Å². The fraction of sp³-hybridized carbons (Fsp3) is 0.158. The highest BCUT2D eigenvalue weighted by Crippen LogP contribution is 2.28. The standard InChI is InChI=1S/C19H20N4O6/c1-27-14-7-8-15(16(9-14)28-2)22-18(25)19(26)23-21-10-12-3-5-13(6-4-12)29-11-17(20)24/h3-10H,11H2,1-2H3,(H2,20,24)(H,22,25)(H,23,26)/b21-10-. The van der Waals surface area contributed by atoms with Crippen molar-refractivity contribution in [2.24, 2.45) is 10.8 Å². The lowest BCUT2D eigenvalue weighted by molar-refractivity contribution is -0.136. The molecule has 0 bridgehead atoms. The van der Waals surface area contributed by atoms with Gasteiger partial charge in [0.2, 0.25) is 0 Å². The van der Waals surface area contributed by atoms with Crippen LogP contribution in [0.2, 0.25) is 0 Å². The number of methoxy groups -OCH3 is 2. The van der Waals surface area contributed by atoms with Crippen LogP contribution in [0, 0.1) is 0 Å². The summed E-state index contributed by atoms with van der Waals surface area (Å²) in [5.41, 5.74) is 8.06. The van der Waals surface area contributed by atoms with Crippen LogP contribution >= 0.6 is 0 Å². The number of amides is 3. The van der Waals surface area contributed by atoms with Gasteiger partial charge < -0.3 is 25.3 Å². The molecule has 0 atom stereocenters. The SMILES string of the molecule is COc1ccc(NC(=O)C(=O)N/N=C\c2ccc(OCC(N)=O)cc2)c(OC)c1. The molecule has 0 aliphatic rings. The number of carbonyl (C=O) groups excluding carboxylic acids is 3. The van der Waals surface area contributed by atoms with Crippen LogP contribution in [0.1, 0.15) is 5.56 Å². The molecule has 0 fully saturated rings. The highest BCUT2D eigenvalue weighted by molar-refractivity contribution is 6.39. The molecule has 152 valence electrons. The van der Waals surface area contributed by atoms with Gasteiger partial charge in [-0.25, -0.2) is 5.43 Å². The Morgan fingerprint density at radius 3 is 2.31 bits per heavy atom. The minimum atomic E-state index is -0.958. The van der Waals surface area contributed by atoms with E-state index in [-0.39, 0.29) is 6.61 Å². The van der Waals surface area contributed by atoms with Crippen LogP contribution in [0.5, 0.6) is 17.2 Å². The molecule has 0 aliphatic heterocycles. The zero-order valence-electron chi connectivity index (χ0n) is 15.8. The van der Waals surface area contributed by atoms with E-state index in [9.17, 15) is 14.4 Å². The number of nitrogens with two attached hydrogens (primary N) is 1. The first-order valence-corrected chi connectivity index (χ1v) is 8.30. The van der Waals surface area contributed by atoms with E-state index in [2.05, 4.69) is 15.8 Å². The van der Waals surface area contributed by atoms with E-state index in [0.29, 0.717) is 28.5 Å². The number of rotatable bonds is 8. The molecule has 2 rings (SSSR count). The average Bonchev–Trinajstić information content (AvgIpc) is 2.73. The number of nitrogens with one attached hydrogen (secondary N) is 2. The number of nitrogens with zero attached hydrogens (tertiary/aromatic N) is 1. The Bertz CT molecular complexity index is 911. The molecule has 0 aromatic heterocycles. The summed E-state index contributed by atoms with van der Waals surface area (Å²) >= 11 is 0. The molecule has 0 aliphatic carbocycles. The largest absolute Gasteiger partial charge is 0.497 e. The summed E-state index contributed by atoms with van der Waals surface area (Å²) in [4.78, 5) is 34.6. The molecule has 0 saturated carbocycles. The molecule has 10 nitrogen and oxygen atoms in total. The van der Waals surface area contributed by atoms with Crippen LogP contribution < -0.4 is 30.7 Å². The van der Waals surface area contributed by atoms with Gasteiger partial charge in [0.05, 0.1) is 26.1 Å². The van der Waals surface area contributed by atoms with E-state index in [4.69, 9.17) is 19.9 Å². The molecule has 29 heavy (non-hydrogen) atoms. The third kappa shape index (κ3) is 6.54. The first-order valence-electron chi connectivity index (χ1n) is 8.30. The van der Waals surface area contributed by atoms with Crippen molar-refractivity contribution >= 4 is 29.6 Å². The quantitative estimate of drug-likeness (QED) is 0.338. The Kier molecular flexibility index (Phi) is 7.54. The summed E-state index contributed by atoms with van der Waals surface area (Å²) in [6.07, 6.45) is 1.34. The lowest BCUT2D eigenvalue weighted by Crippen LogP contribution is -2.32. The second-order valence-electron chi connectivity index (χ2n) is 5.54. The minimum absolute atomic E-state index is 0.225. The zero-order valence-corrected chi connectivity index (χ0v) is 15.8. The molecular weight excluding hydrogens is 380 g/mol. The average molecular weight is 400 g/mol. The second-order valence-corrected chi connectivity index (χ2v) is 5.54. The molecule has 10 heteroatoms. The number of benzene rings is 2. The van der Waals surface area contributed by atoms with Gasteiger partial charge in [-0.05, 0) is 42.0 Å². The molecule has 3 amide bonds. The summed E-state index contributed by atoms with van der Waals surface area (Å²) < 4.78 is 15.4. The van der Waals surface area contributed by atoms with Gasteiger partial charge in [0, 0.05) is 6.07 Å². The summed E-state index contributed by atoms with van der Waals surface area (Å²) in [6.45, 7) is -0.225. The summed E-state index contributed by atoms with van der Waals surface area (Å²) in [5.74, 6) is -1.12. The molecule has 0 heterocycles. The number of hydrazone groups is 1. The van der Waals surface area contributed by atoms with Crippen molar-refractivity contribution in [2.45, 2.75) is 0 Å². The van der Waals surface area contributed by atoms with Gasteiger partial charge >= 0.3 is 11.8 Å². The minimum Gasteiger partial charge on any atom is -0.497 e. The van der Waals surface area contributed by atoms with Crippen molar-refractivity contribution in [1.82, 2.24) is 5.43 Å². The molecule has 0 radical (unpaired) electrons. The lowest BCUT2D eigenvalue weighted by Gasteiger charge is -2.10. The van der Waals surface area contributed by atoms with Crippen LogP contribution in [0.4, 0.5) is 5.69 Å². The maximum Gasteiger partial charge on any atom is 0.329 e. The van der Waals surface area contributed by atoms with Gasteiger partial charge in [0.15, 0.2) is 6.61 Å². The van der Waals surface area contributed by atoms with Crippen molar-refractivity contribution in [2.75, 3.05) is 26.1 Å². The summed E-state index contributed by atoms with van der Waals surface area (Å²) in [7, 11) is 2.93. The van der Waals surface area contributed by atoms with Crippen LogP contribution in [-0.4, -0.2) is 44.8 Å². The molecule has 2 aromatic rings. The number of carbonyl (C=O) groups is 3. The normalized spacial score (nSPS) is 10.3. The second kappa shape index (κ2) is 10.3. The van der Waals surface area contributed by atoms with Gasteiger partial charge in [-0.15, -0.1) is 0 Å². The van der Waals surface area contributed by atoms with E-state index in [1.165, 1.54) is 20.4 Å². The summed E-state index contributed by atoms with van der Waals surface area (Å²) in [5, 5.41) is 6.16. The summed E-state index contributed by atoms with van der Waals surface area (Å²) in [6, 6.07) is 11.2. The molecule has 0 saturated heterocycles. The molecule has 0 unspecified atom stereocenters. The maximum absolute atomic E-state index is 12.0. The first kappa shape index (κ1) is 21.2. The van der Waals surface area contributed by atoms with E-state index < -0.39 is 17.7 Å². The third-order valence-corrected chi connectivity index (χ3v) is 3.50. The lowest BCUT2D eigenvalue weighted by atomic mass is 10.2. The highest BCUT2D eigenvalue weighted by Gasteiger charge is 2.15. The van der Waals surface area contributed by atoms with Gasteiger partial charge in [-0.1, -0.05) is 0 Å². The number of ether oxygens (including phenoxy) is 3. The number of hydrogen-bond acceptors (Lipinski definition) is 7. The smallest absolute Gasteiger partial charge is 0.329 e. The van der Waals surface area contributed by atoms with Crippen molar-refractivity contribution in [3.05, 3.63) is 48.0 Å². The molecular formula is C19H20N4O6. The van der Waals surface area contributed by atoms with Crippen molar-refractivity contribution in [3.63, 3.8) is 0 Å². The maximum atomic E-state index is 12.0. The Morgan fingerprint density at radius 2 is 1.69 bits per heavy atom. The van der Waals surface area contributed by atoms with Crippen molar-refractivity contribution in [1.29, 1.82) is 0 Å². The van der Waals surface area contributed by atoms with Crippen molar-refractivity contribution in [3.8, 4) is 17.2 Å². The monoisotopic (exact) mass is 400 g/mol. The fourth-order valence-corrected chi connectivity index (χ4v) is 2.10. The molecule has 0 spiro atoms. The third-order valence-electron chi connectivity index (χ3n) is 3.50. The fourth-order valence-electron chi connectivity index (χ4n) is 2.10. The van der Waals surface area contributed by atoms with E-state index >= 15 is 0 Å². The number of primary amides is 1. The Labute approximate surface area is 166 Å². The van der Waals surface area contributed by atoms with Crippen LogP contribution in [-0.2, 0) is 14.4 Å². The van der Waals surface area contributed by atoms with E-state index in [1.807, 2.05) is 0 Å². The van der Waals surface area contributed by atoms with Crippen LogP contribution in [0.3, 0.4) is 0 Å². The van der Waals surface area contributed by atoms with Crippen LogP contribution in [0.15, 0.2) is 47.6 Å². The molecule has 4 N–H and O–H groups in total. The van der Waals surface area contributed by atoms with E-state index in [1.54, 1.807) is 42.5 Å². The highest BCUT2D eigenvalue weighted by atomic mass is 16.5. The predicted molar refractivity (Wildman–Crippen MR) is 105 cm³/mol. The van der Waals surface area contributed by atoms with Gasteiger partial charge in [0.25, 0.3) is 5.91 Å². The molecule has 2 aromatic carbocycles. The Balaban J connectivity index is 1.90. The van der Waals surface area contributed by atoms with Gasteiger partial charge in [-0.2, -0.15) is 5.10 Å². The first-order chi connectivity index (χ1) is 13.9. The zero-order chi connectivity index (χ0) is 21.2. The Morgan fingerprint density at radius 1 is 1.00 bits per heavy atom. The van der Waals surface area contributed by atoms with Gasteiger partial charge in [0.1, 0.15) is 17.2 Å². The Hall–Kier alpha value is -4.08. The number of anilines is 1.